The van der Waals surface area contributed by atoms with Gasteiger partial charge in [-0.25, -0.2) is 12.7 Å². The molecule has 1 aliphatic heterocycles. The molecule has 2 aliphatic rings. The van der Waals surface area contributed by atoms with Gasteiger partial charge in [-0.3, -0.25) is 4.79 Å². The van der Waals surface area contributed by atoms with E-state index < -0.39 is 21.9 Å². The summed E-state index contributed by atoms with van der Waals surface area (Å²) in [6, 6.07) is 0. The van der Waals surface area contributed by atoms with E-state index in [1.165, 1.54) is 4.31 Å². The highest BCUT2D eigenvalue weighted by Crippen LogP contribution is 2.33. The zero-order valence-electron chi connectivity index (χ0n) is 9.30. The van der Waals surface area contributed by atoms with E-state index in [9.17, 15) is 13.2 Å². The average Bonchev–Trinajstić information content (AvgIpc) is 2.84. The number of rotatable bonds is 4. The molecular formula is C10H17NO4S. The average molecular weight is 247 g/mol. The van der Waals surface area contributed by atoms with Gasteiger partial charge < -0.3 is 5.11 Å². The van der Waals surface area contributed by atoms with E-state index in [2.05, 4.69) is 0 Å². The van der Waals surface area contributed by atoms with Crippen molar-refractivity contribution in [3.05, 3.63) is 0 Å². The van der Waals surface area contributed by atoms with Crippen molar-refractivity contribution in [1.29, 1.82) is 0 Å². The Balaban J connectivity index is 2.03. The Morgan fingerprint density at radius 1 is 1.38 bits per heavy atom. The molecule has 1 heterocycles. The normalized spacial score (nSPS) is 31.8. The van der Waals surface area contributed by atoms with Crippen LogP contribution in [0.5, 0.6) is 0 Å². The number of aliphatic carboxylic acids is 1. The van der Waals surface area contributed by atoms with Crippen LogP contribution in [0.15, 0.2) is 0 Å². The minimum atomic E-state index is -3.23. The Hall–Kier alpha value is -0.620. The molecule has 5 nitrogen and oxygen atoms in total. The quantitative estimate of drug-likeness (QED) is 0.779. The molecule has 1 saturated heterocycles. The van der Waals surface area contributed by atoms with Crippen LogP contribution in [0.2, 0.25) is 0 Å². The van der Waals surface area contributed by atoms with E-state index in [-0.39, 0.29) is 18.2 Å². The maximum Gasteiger partial charge on any atom is 0.308 e. The lowest BCUT2D eigenvalue weighted by Gasteiger charge is -2.15. The van der Waals surface area contributed by atoms with Crippen molar-refractivity contribution in [2.45, 2.75) is 19.8 Å². The molecule has 2 fully saturated rings. The van der Waals surface area contributed by atoms with Crippen molar-refractivity contribution < 1.29 is 18.3 Å². The van der Waals surface area contributed by atoms with Crippen LogP contribution >= 0.6 is 0 Å². The van der Waals surface area contributed by atoms with Crippen molar-refractivity contribution in [2.75, 3.05) is 18.8 Å². The number of hydrogen-bond acceptors (Lipinski definition) is 3. The number of sulfonamides is 1. The fraction of sp³-hybridized carbons (Fsp3) is 0.900. The van der Waals surface area contributed by atoms with Crippen LogP contribution < -0.4 is 0 Å². The third-order valence-electron chi connectivity index (χ3n) is 3.43. The SMILES string of the molecule is CC1CN(S(=O)(=O)CC2CC2)CC1C(=O)O. The molecule has 2 unspecified atom stereocenters. The lowest BCUT2D eigenvalue weighted by molar-refractivity contribution is -0.142. The van der Waals surface area contributed by atoms with Gasteiger partial charge in [0, 0.05) is 13.1 Å². The fourth-order valence-corrected chi connectivity index (χ4v) is 4.15. The summed E-state index contributed by atoms with van der Waals surface area (Å²) >= 11 is 0. The van der Waals surface area contributed by atoms with Crippen LogP contribution in [0.25, 0.3) is 0 Å². The summed E-state index contributed by atoms with van der Waals surface area (Å²) in [7, 11) is -3.23. The van der Waals surface area contributed by atoms with Gasteiger partial charge in [-0.2, -0.15) is 0 Å². The minimum Gasteiger partial charge on any atom is -0.481 e. The smallest absolute Gasteiger partial charge is 0.308 e. The topological polar surface area (TPSA) is 74.7 Å². The van der Waals surface area contributed by atoms with E-state index in [1.54, 1.807) is 6.92 Å². The van der Waals surface area contributed by atoms with Gasteiger partial charge in [-0.05, 0) is 24.7 Å². The molecule has 16 heavy (non-hydrogen) atoms. The number of nitrogens with zero attached hydrogens (tertiary/aromatic N) is 1. The number of carboxylic acids is 1. The lowest BCUT2D eigenvalue weighted by atomic mass is 9.99. The third kappa shape index (κ3) is 2.38. The first kappa shape index (κ1) is 11.9. The van der Waals surface area contributed by atoms with Crippen LogP contribution in [0, 0.1) is 17.8 Å². The highest BCUT2D eigenvalue weighted by molar-refractivity contribution is 7.89. The van der Waals surface area contributed by atoms with Gasteiger partial charge in [-0.1, -0.05) is 6.92 Å². The summed E-state index contributed by atoms with van der Waals surface area (Å²) in [5, 5.41) is 8.94. The first-order valence-corrected chi connectivity index (χ1v) is 7.21. The van der Waals surface area contributed by atoms with Crippen LogP contribution in [0.1, 0.15) is 19.8 Å². The number of carboxylic acid groups (broad SMARTS) is 1. The zero-order chi connectivity index (χ0) is 11.9. The first-order valence-electron chi connectivity index (χ1n) is 5.61. The molecule has 6 heteroatoms. The molecule has 0 aromatic heterocycles. The van der Waals surface area contributed by atoms with Gasteiger partial charge in [0.2, 0.25) is 10.0 Å². The van der Waals surface area contributed by atoms with Gasteiger partial charge >= 0.3 is 5.97 Å². The monoisotopic (exact) mass is 247 g/mol. The van der Waals surface area contributed by atoms with E-state index in [0.717, 1.165) is 12.8 Å². The molecule has 0 bridgehead atoms. The highest BCUT2D eigenvalue weighted by atomic mass is 32.2. The third-order valence-corrected chi connectivity index (χ3v) is 5.41. The lowest BCUT2D eigenvalue weighted by Crippen LogP contribution is -2.32. The molecule has 0 aromatic rings. The predicted octanol–water partition coefficient (Wildman–Crippen LogP) is 0.379. The Labute approximate surface area is 95.5 Å². The molecule has 0 radical (unpaired) electrons. The second kappa shape index (κ2) is 4.00. The number of carbonyl (C=O) groups is 1. The molecule has 92 valence electrons. The molecule has 1 aliphatic carbocycles. The van der Waals surface area contributed by atoms with Crippen LogP contribution in [-0.2, 0) is 14.8 Å². The first-order chi connectivity index (χ1) is 7.40. The largest absolute Gasteiger partial charge is 0.481 e. The summed E-state index contributed by atoms with van der Waals surface area (Å²) in [5.74, 6) is -1.02. The molecule has 2 rings (SSSR count). The Bertz CT molecular complexity index is 388. The second-order valence-electron chi connectivity index (χ2n) is 4.96. The molecule has 1 saturated carbocycles. The Morgan fingerprint density at radius 3 is 2.44 bits per heavy atom. The maximum atomic E-state index is 11.9. The molecule has 0 amide bonds. The summed E-state index contributed by atoms with van der Waals surface area (Å²) < 4.78 is 25.2. The number of hydrogen-bond donors (Lipinski definition) is 1. The van der Waals surface area contributed by atoms with E-state index >= 15 is 0 Å². The summed E-state index contributed by atoms with van der Waals surface area (Å²) in [5.41, 5.74) is 0. The molecular weight excluding hydrogens is 230 g/mol. The summed E-state index contributed by atoms with van der Waals surface area (Å²) in [6.45, 7) is 2.29. The Kier molecular flexibility index (Phi) is 2.96. The summed E-state index contributed by atoms with van der Waals surface area (Å²) in [6.07, 6.45) is 1.98. The molecule has 0 spiro atoms. The second-order valence-corrected chi connectivity index (χ2v) is 6.97. The van der Waals surface area contributed by atoms with Crippen LogP contribution in [0.4, 0.5) is 0 Å². The minimum absolute atomic E-state index is 0.0912. The highest BCUT2D eigenvalue weighted by Gasteiger charge is 2.41. The maximum absolute atomic E-state index is 11.9. The van der Waals surface area contributed by atoms with Crippen molar-refractivity contribution in [1.82, 2.24) is 4.31 Å². The van der Waals surface area contributed by atoms with Gasteiger partial charge in [0.25, 0.3) is 0 Å². The van der Waals surface area contributed by atoms with E-state index in [0.29, 0.717) is 12.5 Å². The zero-order valence-corrected chi connectivity index (χ0v) is 10.1. The van der Waals surface area contributed by atoms with Crippen LogP contribution in [-0.4, -0.2) is 42.6 Å². The van der Waals surface area contributed by atoms with Gasteiger partial charge in [0.15, 0.2) is 0 Å². The predicted molar refractivity (Wildman–Crippen MR) is 58.4 cm³/mol. The summed E-state index contributed by atoms with van der Waals surface area (Å²) in [4.78, 5) is 10.9. The van der Waals surface area contributed by atoms with Gasteiger partial charge in [0.1, 0.15) is 0 Å². The van der Waals surface area contributed by atoms with Gasteiger partial charge in [0.05, 0.1) is 11.7 Å². The standard InChI is InChI=1S/C10H17NO4S/c1-7-4-11(5-9(7)10(12)13)16(14,15)6-8-2-3-8/h7-9H,2-6H2,1H3,(H,12,13). The molecule has 1 N–H and O–H groups in total. The van der Waals surface area contributed by atoms with Crippen molar-refractivity contribution in [3.63, 3.8) is 0 Å². The van der Waals surface area contributed by atoms with Crippen molar-refractivity contribution in [2.24, 2.45) is 17.8 Å². The van der Waals surface area contributed by atoms with Crippen LogP contribution in [0.3, 0.4) is 0 Å². The van der Waals surface area contributed by atoms with Crippen molar-refractivity contribution in [3.8, 4) is 0 Å². The van der Waals surface area contributed by atoms with Crippen molar-refractivity contribution >= 4 is 16.0 Å². The van der Waals surface area contributed by atoms with Gasteiger partial charge in [-0.15, -0.1) is 0 Å². The van der Waals surface area contributed by atoms with E-state index in [4.69, 9.17) is 5.11 Å². The molecule has 0 aromatic carbocycles. The Morgan fingerprint density at radius 2 is 2.00 bits per heavy atom. The fourth-order valence-electron chi connectivity index (χ4n) is 2.16. The molecule has 2 atom stereocenters. The van der Waals surface area contributed by atoms with E-state index in [1.807, 2.05) is 0 Å².